The maximum atomic E-state index is 11.2. The molecule has 0 unspecified atom stereocenters. The second-order valence-corrected chi connectivity index (χ2v) is 12.6. The number of anilines is 1. The van der Waals surface area contributed by atoms with E-state index in [0.717, 1.165) is 14.4 Å². The Morgan fingerprint density at radius 2 is 1.45 bits per heavy atom. The van der Waals surface area contributed by atoms with Crippen LogP contribution in [0.15, 0.2) is 20.8 Å². The molecule has 0 aliphatic carbocycles. The molecule has 0 aliphatic rings. The van der Waals surface area contributed by atoms with Crippen LogP contribution >= 0.6 is 45.3 Å². The van der Waals surface area contributed by atoms with Gasteiger partial charge in [0.05, 0.1) is 23.9 Å². The lowest BCUT2D eigenvalue weighted by molar-refractivity contribution is 0.597. The first-order valence-electron chi connectivity index (χ1n) is 5.90. The van der Waals surface area contributed by atoms with E-state index >= 15 is 0 Å². The molecule has 2 aromatic heterocycles. The molecule has 2 N–H and O–H groups in total. The molecule has 0 aliphatic heterocycles. The van der Waals surface area contributed by atoms with Gasteiger partial charge in [0.1, 0.15) is 8.42 Å². The molecule has 124 valence electrons. The molecule has 0 saturated carbocycles. The van der Waals surface area contributed by atoms with E-state index in [4.69, 9.17) is 5.73 Å². The second kappa shape index (κ2) is 7.99. The van der Waals surface area contributed by atoms with Crippen molar-refractivity contribution < 1.29 is 16.8 Å². The van der Waals surface area contributed by atoms with Crippen LogP contribution in [0.25, 0.3) is 0 Å². The maximum absolute atomic E-state index is 11.2. The summed E-state index contributed by atoms with van der Waals surface area (Å²) in [6, 6.07) is 0. The van der Waals surface area contributed by atoms with Crippen molar-refractivity contribution in [1.29, 1.82) is 0 Å². The Bertz CT molecular complexity index is 756. The maximum Gasteiger partial charge on any atom is 0.189 e. The second-order valence-electron chi connectivity index (χ2n) is 3.76. The highest BCUT2D eigenvalue weighted by Gasteiger charge is 2.14. The number of nitrogens with zero attached hydrogens (tertiary/aromatic N) is 2. The smallest absolute Gasteiger partial charge is 0.189 e. The normalized spacial score (nSPS) is 11.8. The van der Waals surface area contributed by atoms with Gasteiger partial charge >= 0.3 is 0 Å². The van der Waals surface area contributed by atoms with E-state index in [2.05, 4.69) is 9.97 Å². The van der Waals surface area contributed by atoms with Crippen molar-refractivity contribution in [3.63, 3.8) is 0 Å². The first kappa shape index (κ1) is 19.7. The number of sulfone groups is 2. The minimum absolute atomic E-state index is 0.0919. The van der Waals surface area contributed by atoms with Crippen LogP contribution in [0.2, 0.25) is 0 Å². The summed E-state index contributed by atoms with van der Waals surface area (Å²) in [5, 5.41) is 0.289. The summed E-state index contributed by atoms with van der Waals surface area (Å²) >= 11 is 4.20. The van der Waals surface area contributed by atoms with Crippen molar-refractivity contribution in [2.45, 2.75) is 22.3 Å². The van der Waals surface area contributed by atoms with Crippen LogP contribution in [-0.2, 0) is 19.7 Å². The molecule has 0 saturated heterocycles. The van der Waals surface area contributed by atoms with Gasteiger partial charge in [-0.15, -0.1) is 0 Å². The van der Waals surface area contributed by atoms with Crippen LogP contribution in [0.1, 0.15) is 13.8 Å². The van der Waals surface area contributed by atoms with E-state index in [-0.39, 0.29) is 20.8 Å². The van der Waals surface area contributed by atoms with E-state index in [1.54, 1.807) is 13.8 Å². The summed E-state index contributed by atoms with van der Waals surface area (Å²) in [7, 11) is -6.13. The monoisotopic (exact) mass is 495 g/mol. The van der Waals surface area contributed by atoms with Gasteiger partial charge < -0.3 is 5.73 Å². The predicted octanol–water partition coefficient (Wildman–Crippen LogP) is 2.06. The zero-order valence-corrected chi connectivity index (χ0v) is 17.1. The highest BCUT2D eigenvalue weighted by Crippen LogP contribution is 2.21. The molecule has 2 aromatic rings. The zero-order chi connectivity index (χ0) is 17.0. The fourth-order valence-electron chi connectivity index (χ4n) is 1.08. The van der Waals surface area contributed by atoms with Gasteiger partial charge in [-0.25, -0.2) is 26.8 Å². The van der Waals surface area contributed by atoms with Crippen LogP contribution in [0.4, 0.5) is 5.13 Å². The van der Waals surface area contributed by atoms with E-state index < -0.39 is 19.7 Å². The van der Waals surface area contributed by atoms with Gasteiger partial charge in [0.25, 0.3) is 0 Å². The Morgan fingerprint density at radius 1 is 1.00 bits per heavy atom. The first-order chi connectivity index (χ1) is 10.1. The third-order valence-electron chi connectivity index (χ3n) is 2.33. The lowest BCUT2D eigenvalue weighted by Crippen LogP contribution is -2.00. The Hall–Kier alpha value is -0.310. The van der Waals surface area contributed by atoms with E-state index in [9.17, 15) is 16.8 Å². The molecule has 0 aromatic carbocycles. The predicted molar refractivity (Wildman–Crippen MR) is 96.8 cm³/mol. The molecule has 2 heterocycles. The fourth-order valence-corrected chi connectivity index (χ4v) is 6.39. The molecule has 0 fully saturated rings. The van der Waals surface area contributed by atoms with Crippen molar-refractivity contribution in [3.05, 3.63) is 15.4 Å². The highest BCUT2D eigenvalue weighted by molar-refractivity contribution is 14.1. The number of hydrogen-bond acceptors (Lipinski definition) is 9. The third kappa shape index (κ3) is 5.40. The summed E-state index contributed by atoms with van der Waals surface area (Å²) in [5.74, 6) is 0.236. The molecule has 0 spiro atoms. The average Bonchev–Trinajstić information content (AvgIpc) is 3.09. The van der Waals surface area contributed by atoms with E-state index in [1.807, 2.05) is 22.6 Å². The van der Waals surface area contributed by atoms with E-state index in [0.29, 0.717) is 4.21 Å². The van der Waals surface area contributed by atoms with Crippen molar-refractivity contribution in [2.75, 3.05) is 17.2 Å². The van der Waals surface area contributed by atoms with Crippen molar-refractivity contribution in [3.8, 4) is 0 Å². The molecule has 12 heteroatoms. The van der Waals surface area contributed by atoms with Crippen LogP contribution in [-0.4, -0.2) is 38.3 Å². The summed E-state index contributed by atoms with van der Waals surface area (Å²) in [6.45, 7) is 3.22. The SMILES string of the molecule is CCS(=O)(=O)c1cnc(I)s1.CCS(=O)(=O)c1cnc(N)s1. The summed E-state index contributed by atoms with van der Waals surface area (Å²) in [6.07, 6.45) is 2.70. The molecule has 0 bridgehead atoms. The Morgan fingerprint density at radius 3 is 1.77 bits per heavy atom. The molecule has 7 nitrogen and oxygen atoms in total. The van der Waals surface area contributed by atoms with Crippen LogP contribution < -0.4 is 5.73 Å². The minimum atomic E-state index is -3.10. The van der Waals surface area contributed by atoms with Gasteiger partial charge in [0, 0.05) is 0 Å². The molecule has 0 atom stereocenters. The number of halogens is 1. The molecular weight excluding hydrogens is 481 g/mol. The Labute approximate surface area is 151 Å². The number of thiazole rings is 2. The van der Waals surface area contributed by atoms with E-state index in [1.165, 1.54) is 23.7 Å². The van der Waals surface area contributed by atoms with Gasteiger partial charge in [-0.2, -0.15) is 0 Å². The minimum Gasteiger partial charge on any atom is -0.375 e. The fraction of sp³-hybridized carbons (Fsp3) is 0.400. The standard InChI is InChI=1S/C5H6INO2S2.C5H8N2O2S2/c2*1-2-11(8,9)4-3-7-5(6)10-4/h3H,2H2,1H3;3H,2H2,1H3,(H2,6,7). The molecule has 2 rings (SSSR count). The summed E-state index contributed by atoms with van der Waals surface area (Å²) < 4.78 is 46.0. The summed E-state index contributed by atoms with van der Waals surface area (Å²) in [4.78, 5) is 7.50. The van der Waals surface area contributed by atoms with Crippen molar-refractivity contribution in [2.24, 2.45) is 0 Å². The van der Waals surface area contributed by atoms with Crippen LogP contribution in [0.5, 0.6) is 0 Å². The topological polar surface area (TPSA) is 120 Å². The number of rotatable bonds is 4. The molecule has 22 heavy (non-hydrogen) atoms. The lowest BCUT2D eigenvalue weighted by atomic mass is 11.0. The number of nitrogen functional groups attached to an aromatic ring is 1. The molecular formula is C10H14IN3O4S4. The van der Waals surface area contributed by atoms with Crippen molar-refractivity contribution >= 4 is 70.1 Å². The van der Waals surface area contributed by atoms with Gasteiger partial charge in [-0.3, -0.25) is 0 Å². The Kier molecular flexibility index (Phi) is 7.17. The third-order valence-corrected chi connectivity index (χ3v) is 9.45. The molecule has 0 radical (unpaired) electrons. The van der Waals surface area contributed by atoms with Gasteiger partial charge in [0.2, 0.25) is 0 Å². The van der Waals surface area contributed by atoms with Crippen LogP contribution in [0, 0.1) is 3.01 Å². The molecule has 0 amide bonds. The first-order valence-corrected chi connectivity index (χ1v) is 11.9. The lowest BCUT2D eigenvalue weighted by Gasteiger charge is -1.91. The number of aromatic nitrogens is 2. The van der Waals surface area contributed by atoms with Crippen molar-refractivity contribution in [1.82, 2.24) is 9.97 Å². The van der Waals surface area contributed by atoms with Crippen LogP contribution in [0.3, 0.4) is 0 Å². The Balaban J connectivity index is 0.000000220. The highest BCUT2D eigenvalue weighted by atomic mass is 127. The van der Waals surface area contributed by atoms with Gasteiger partial charge in [0.15, 0.2) is 27.8 Å². The average molecular weight is 495 g/mol. The number of hydrogen-bond donors (Lipinski definition) is 1. The van der Waals surface area contributed by atoms with Gasteiger partial charge in [-0.1, -0.05) is 36.5 Å². The quantitative estimate of drug-likeness (QED) is 0.645. The van der Waals surface area contributed by atoms with Gasteiger partial charge in [-0.05, 0) is 22.6 Å². The zero-order valence-electron chi connectivity index (χ0n) is 11.7. The summed E-state index contributed by atoms with van der Waals surface area (Å²) in [5.41, 5.74) is 5.27. The largest absolute Gasteiger partial charge is 0.375 e. The number of nitrogens with two attached hydrogens (primary N) is 1.